The van der Waals surface area contributed by atoms with Crippen LogP contribution in [0, 0.1) is 0 Å². The van der Waals surface area contributed by atoms with Gasteiger partial charge in [0, 0.05) is 54.4 Å². The zero-order chi connectivity index (χ0) is 23.9. The number of nitrogens with one attached hydrogen (secondary N) is 2. The van der Waals surface area contributed by atoms with E-state index in [0.717, 1.165) is 31.7 Å². The number of halogens is 1. The van der Waals surface area contributed by atoms with Gasteiger partial charge in [0.2, 0.25) is 0 Å². The first-order chi connectivity index (χ1) is 16.5. The molecule has 2 amide bonds. The van der Waals surface area contributed by atoms with Crippen molar-refractivity contribution in [2.24, 2.45) is 0 Å². The SMILES string of the molecule is C[C@H](NC(=O)C(=O)NCc1ccccc1Cl)[C@H](c1cccs1)N1CCN(c2ccccc2)CC1. The summed E-state index contributed by atoms with van der Waals surface area (Å²) in [4.78, 5) is 31.1. The Morgan fingerprint density at radius 3 is 2.32 bits per heavy atom. The fourth-order valence-corrected chi connectivity index (χ4v) is 5.51. The Balaban J connectivity index is 1.37. The number of nitrogens with zero attached hydrogens (tertiary/aromatic N) is 2. The second-order valence-corrected chi connectivity index (χ2v) is 9.74. The highest BCUT2D eigenvalue weighted by Gasteiger charge is 2.31. The topological polar surface area (TPSA) is 64.7 Å². The number of rotatable bonds is 7. The molecule has 1 aliphatic heterocycles. The molecule has 4 rings (SSSR count). The molecule has 6 nitrogen and oxygen atoms in total. The van der Waals surface area contributed by atoms with Crippen LogP contribution in [0.15, 0.2) is 72.1 Å². The Morgan fingerprint density at radius 2 is 1.65 bits per heavy atom. The van der Waals surface area contributed by atoms with Gasteiger partial charge in [0.15, 0.2) is 0 Å². The average Bonchev–Trinajstić information content (AvgIpc) is 3.39. The van der Waals surface area contributed by atoms with Crippen LogP contribution in [-0.4, -0.2) is 48.9 Å². The molecule has 34 heavy (non-hydrogen) atoms. The maximum atomic E-state index is 12.7. The van der Waals surface area contributed by atoms with Crippen LogP contribution in [0.4, 0.5) is 5.69 Å². The van der Waals surface area contributed by atoms with Gasteiger partial charge in [-0.15, -0.1) is 11.3 Å². The Morgan fingerprint density at radius 1 is 0.941 bits per heavy atom. The van der Waals surface area contributed by atoms with Crippen molar-refractivity contribution < 1.29 is 9.59 Å². The summed E-state index contributed by atoms with van der Waals surface area (Å²) in [7, 11) is 0. The standard InChI is InChI=1S/C26H29ClN4O2S/c1-19(29-26(33)25(32)28-18-20-8-5-6-11-22(20)27)24(23-12-7-17-34-23)31-15-13-30(14-16-31)21-9-3-2-4-10-21/h2-12,17,19,24H,13-16,18H2,1H3,(H,28,32)(H,29,33)/t19-,24+/m0/s1. The minimum atomic E-state index is -0.661. The van der Waals surface area contributed by atoms with E-state index < -0.39 is 11.8 Å². The highest BCUT2D eigenvalue weighted by atomic mass is 35.5. The van der Waals surface area contributed by atoms with Crippen molar-refractivity contribution >= 4 is 40.4 Å². The van der Waals surface area contributed by atoms with Crippen molar-refractivity contribution in [2.45, 2.75) is 25.6 Å². The minimum Gasteiger partial charge on any atom is -0.369 e. The largest absolute Gasteiger partial charge is 0.369 e. The molecule has 2 heterocycles. The van der Waals surface area contributed by atoms with E-state index in [1.54, 1.807) is 17.4 Å². The number of thiophene rings is 1. The molecule has 2 N–H and O–H groups in total. The fraction of sp³-hybridized carbons (Fsp3) is 0.308. The maximum Gasteiger partial charge on any atom is 0.309 e. The second-order valence-electron chi connectivity index (χ2n) is 8.36. The molecule has 0 unspecified atom stereocenters. The number of para-hydroxylation sites is 1. The quantitative estimate of drug-likeness (QED) is 0.484. The van der Waals surface area contributed by atoms with Gasteiger partial charge in [-0.3, -0.25) is 14.5 Å². The predicted molar refractivity (Wildman–Crippen MR) is 138 cm³/mol. The molecule has 3 aromatic rings. The van der Waals surface area contributed by atoms with Gasteiger partial charge >= 0.3 is 11.8 Å². The zero-order valence-corrected chi connectivity index (χ0v) is 20.7. The molecule has 1 fully saturated rings. The number of benzene rings is 2. The van der Waals surface area contributed by atoms with Crippen molar-refractivity contribution in [1.82, 2.24) is 15.5 Å². The first kappa shape index (κ1) is 24.3. The van der Waals surface area contributed by atoms with Gasteiger partial charge < -0.3 is 15.5 Å². The van der Waals surface area contributed by atoms with Crippen LogP contribution < -0.4 is 15.5 Å². The molecule has 2 atom stereocenters. The molecule has 0 bridgehead atoms. The highest BCUT2D eigenvalue weighted by Crippen LogP contribution is 2.30. The van der Waals surface area contributed by atoms with E-state index in [1.165, 1.54) is 10.6 Å². The summed E-state index contributed by atoms with van der Waals surface area (Å²) in [6, 6.07) is 21.6. The molecule has 1 aliphatic rings. The summed E-state index contributed by atoms with van der Waals surface area (Å²) in [5, 5.41) is 8.20. The zero-order valence-electron chi connectivity index (χ0n) is 19.1. The van der Waals surface area contributed by atoms with Crippen LogP contribution in [0.3, 0.4) is 0 Å². The van der Waals surface area contributed by atoms with Crippen molar-refractivity contribution in [2.75, 3.05) is 31.1 Å². The number of hydrogen-bond acceptors (Lipinski definition) is 5. The van der Waals surface area contributed by atoms with Crippen LogP contribution >= 0.6 is 22.9 Å². The van der Waals surface area contributed by atoms with Gasteiger partial charge in [0.1, 0.15) is 0 Å². The number of carbonyl (C=O) groups excluding carboxylic acids is 2. The van der Waals surface area contributed by atoms with E-state index in [1.807, 2.05) is 42.6 Å². The lowest BCUT2D eigenvalue weighted by atomic mass is 10.0. The molecule has 8 heteroatoms. The van der Waals surface area contributed by atoms with E-state index in [9.17, 15) is 9.59 Å². The van der Waals surface area contributed by atoms with Crippen molar-refractivity contribution in [1.29, 1.82) is 0 Å². The van der Waals surface area contributed by atoms with Crippen LogP contribution in [0.2, 0.25) is 5.02 Å². The Hall–Kier alpha value is -2.87. The smallest absolute Gasteiger partial charge is 0.309 e. The fourth-order valence-electron chi connectivity index (χ4n) is 4.35. The van der Waals surface area contributed by atoms with Gasteiger partial charge in [-0.2, -0.15) is 0 Å². The van der Waals surface area contributed by atoms with Crippen molar-refractivity contribution in [3.63, 3.8) is 0 Å². The molecule has 0 saturated carbocycles. The average molecular weight is 497 g/mol. The molecule has 1 aromatic heterocycles. The lowest BCUT2D eigenvalue weighted by Crippen LogP contribution is -2.53. The third-order valence-corrected chi connectivity index (χ3v) is 7.41. The molecule has 2 aromatic carbocycles. The van der Waals surface area contributed by atoms with E-state index in [2.05, 4.69) is 50.8 Å². The summed E-state index contributed by atoms with van der Waals surface area (Å²) in [6.07, 6.45) is 0. The third kappa shape index (κ3) is 5.97. The molecule has 178 valence electrons. The normalized spacial score (nSPS) is 16.0. The molecule has 0 spiro atoms. The van der Waals surface area contributed by atoms with Crippen molar-refractivity contribution in [3.05, 3.63) is 87.6 Å². The van der Waals surface area contributed by atoms with E-state index in [-0.39, 0.29) is 18.6 Å². The van der Waals surface area contributed by atoms with E-state index >= 15 is 0 Å². The number of anilines is 1. The highest BCUT2D eigenvalue weighted by molar-refractivity contribution is 7.10. The Labute approximate surface area is 209 Å². The number of amides is 2. The lowest BCUT2D eigenvalue weighted by molar-refractivity contribution is -0.140. The van der Waals surface area contributed by atoms with Crippen molar-refractivity contribution in [3.8, 4) is 0 Å². The van der Waals surface area contributed by atoms with E-state index in [0.29, 0.717) is 5.02 Å². The van der Waals surface area contributed by atoms with Gasteiger partial charge in [0.05, 0.1) is 6.04 Å². The lowest BCUT2D eigenvalue weighted by Gasteiger charge is -2.42. The number of carbonyl (C=O) groups is 2. The third-order valence-electron chi connectivity index (χ3n) is 6.10. The molecule has 0 aliphatic carbocycles. The summed E-state index contributed by atoms with van der Waals surface area (Å²) >= 11 is 7.82. The van der Waals surface area contributed by atoms with Crippen LogP contribution in [0.25, 0.3) is 0 Å². The number of hydrogen-bond donors (Lipinski definition) is 2. The van der Waals surface area contributed by atoms with Crippen LogP contribution in [0.1, 0.15) is 23.4 Å². The minimum absolute atomic E-state index is 0.00163. The van der Waals surface area contributed by atoms with E-state index in [4.69, 9.17) is 11.6 Å². The van der Waals surface area contributed by atoms with Gasteiger partial charge in [-0.25, -0.2) is 0 Å². The number of piperazine rings is 1. The first-order valence-electron chi connectivity index (χ1n) is 11.4. The molecule has 1 saturated heterocycles. The first-order valence-corrected chi connectivity index (χ1v) is 12.7. The summed E-state index contributed by atoms with van der Waals surface area (Å²) in [5.41, 5.74) is 2.00. The van der Waals surface area contributed by atoms with Gasteiger partial charge in [0.25, 0.3) is 0 Å². The monoisotopic (exact) mass is 496 g/mol. The predicted octanol–water partition coefficient (Wildman–Crippen LogP) is 4.09. The van der Waals surface area contributed by atoms with Gasteiger partial charge in [-0.05, 0) is 42.1 Å². The Bertz CT molecular complexity index is 1090. The second kappa shape index (κ2) is 11.5. The molecular formula is C26H29ClN4O2S. The molecule has 0 radical (unpaired) electrons. The van der Waals surface area contributed by atoms with Crippen LogP contribution in [0.5, 0.6) is 0 Å². The van der Waals surface area contributed by atoms with Crippen LogP contribution in [-0.2, 0) is 16.1 Å². The van der Waals surface area contributed by atoms with Gasteiger partial charge in [-0.1, -0.05) is 54.1 Å². The maximum absolute atomic E-state index is 12.7. The summed E-state index contributed by atoms with van der Waals surface area (Å²) in [5.74, 6) is -1.30. The summed E-state index contributed by atoms with van der Waals surface area (Å²) in [6.45, 7) is 5.73. The summed E-state index contributed by atoms with van der Waals surface area (Å²) < 4.78 is 0. The Kier molecular flexibility index (Phi) is 8.21. The molecular weight excluding hydrogens is 468 g/mol.